The van der Waals surface area contributed by atoms with E-state index in [0.717, 1.165) is 5.82 Å². The normalized spacial score (nSPS) is 14.8. The van der Waals surface area contributed by atoms with Crippen molar-refractivity contribution in [2.75, 3.05) is 33.9 Å². The molecule has 1 aromatic heterocycles. The first-order valence-electron chi connectivity index (χ1n) is 6.46. The summed E-state index contributed by atoms with van der Waals surface area (Å²) >= 11 is 0. The van der Waals surface area contributed by atoms with Gasteiger partial charge in [-0.2, -0.15) is 0 Å². The molecule has 0 spiro atoms. The molecule has 0 saturated carbocycles. The molecule has 1 rings (SSSR count). The maximum absolute atomic E-state index is 9.90. The molecule has 0 fully saturated rings. The Hall–Kier alpha value is -0.950. The summed E-state index contributed by atoms with van der Waals surface area (Å²) in [4.78, 5) is 6.28. The number of aliphatic hydroxyl groups is 1. The van der Waals surface area contributed by atoms with Crippen molar-refractivity contribution < 1.29 is 14.6 Å². The topological polar surface area (TPSA) is 59.8 Å². The first-order valence-corrected chi connectivity index (χ1v) is 6.46. The van der Waals surface area contributed by atoms with E-state index in [1.54, 1.807) is 13.3 Å². The standard InChI is InChI=1S/C13H25N3O3/c1-11(9-18-4)19-10-12(17)7-15(2)8-13-14-5-6-16(13)3/h5-6,11-12,17H,7-10H2,1-4H3. The number of aliphatic hydroxyl groups excluding tert-OH is 1. The largest absolute Gasteiger partial charge is 0.389 e. The Kier molecular flexibility index (Phi) is 7.01. The van der Waals surface area contributed by atoms with Crippen LogP contribution in [0.3, 0.4) is 0 Å². The molecule has 0 bridgehead atoms. The van der Waals surface area contributed by atoms with Gasteiger partial charge in [-0.05, 0) is 14.0 Å². The van der Waals surface area contributed by atoms with Crippen molar-refractivity contribution in [3.05, 3.63) is 18.2 Å². The van der Waals surface area contributed by atoms with Gasteiger partial charge >= 0.3 is 0 Å². The Morgan fingerprint density at radius 1 is 1.47 bits per heavy atom. The number of likely N-dealkylation sites (N-methyl/N-ethyl adjacent to an activating group) is 1. The fourth-order valence-corrected chi connectivity index (χ4v) is 1.83. The number of hydrogen-bond donors (Lipinski definition) is 1. The molecule has 0 amide bonds. The summed E-state index contributed by atoms with van der Waals surface area (Å²) < 4.78 is 12.4. The van der Waals surface area contributed by atoms with Crippen molar-refractivity contribution in [3.8, 4) is 0 Å². The van der Waals surface area contributed by atoms with Crippen molar-refractivity contribution in [1.82, 2.24) is 14.5 Å². The van der Waals surface area contributed by atoms with E-state index >= 15 is 0 Å². The van der Waals surface area contributed by atoms with Gasteiger partial charge in [-0.15, -0.1) is 0 Å². The van der Waals surface area contributed by atoms with E-state index in [0.29, 0.717) is 26.3 Å². The lowest BCUT2D eigenvalue weighted by Gasteiger charge is -2.21. The Balaban J connectivity index is 2.24. The Bertz CT molecular complexity index is 357. The number of hydrogen-bond acceptors (Lipinski definition) is 5. The van der Waals surface area contributed by atoms with Crippen LogP contribution in [0.15, 0.2) is 12.4 Å². The zero-order valence-electron chi connectivity index (χ0n) is 12.2. The molecule has 0 aliphatic carbocycles. The van der Waals surface area contributed by atoms with Crippen LogP contribution in [0.5, 0.6) is 0 Å². The van der Waals surface area contributed by atoms with Gasteiger partial charge in [-0.25, -0.2) is 4.98 Å². The van der Waals surface area contributed by atoms with Gasteiger partial charge in [0.2, 0.25) is 0 Å². The van der Waals surface area contributed by atoms with Crippen LogP contribution in [-0.4, -0.2) is 65.7 Å². The molecule has 6 heteroatoms. The molecule has 0 radical (unpaired) electrons. The molecule has 2 unspecified atom stereocenters. The van der Waals surface area contributed by atoms with Gasteiger partial charge in [0.15, 0.2) is 0 Å². The third-order valence-corrected chi connectivity index (χ3v) is 2.83. The molecule has 19 heavy (non-hydrogen) atoms. The highest BCUT2D eigenvalue weighted by Crippen LogP contribution is 2.01. The molecule has 2 atom stereocenters. The number of ether oxygens (including phenoxy) is 2. The van der Waals surface area contributed by atoms with E-state index < -0.39 is 6.10 Å². The SMILES string of the molecule is COCC(C)OCC(O)CN(C)Cc1nccn1C. The third-order valence-electron chi connectivity index (χ3n) is 2.83. The highest BCUT2D eigenvalue weighted by Gasteiger charge is 2.12. The van der Waals surface area contributed by atoms with Gasteiger partial charge in [0.25, 0.3) is 0 Å². The summed E-state index contributed by atoms with van der Waals surface area (Å²) in [5.41, 5.74) is 0. The minimum absolute atomic E-state index is 0.000466. The lowest BCUT2D eigenvalue weighted by Crippen LogP contribution is -2.34. The second-order valence-electron chi connectivity index (χ2n) is 4.90. The van der Waals surface area contributed by atoms with Crippen LogP contribution < -0.4 is 0 Å². The van der Waals surface area contributed by atoms with Crippen LogP contribution in [-0.2, 0) is 23.1 Å². The average molecular weight is 271 g/mol. The van der Waals surface area contributed by atoms with Gasteiger partial charge in [0.05, 0.1) is 32.0 Å². The smallest absolute Gasteiger partial charge is 0.122 e. The predicted octanol–water partition coefficient (Wildman–Crippen LogP) is 0.264. The highest BCUT2D eigenvalue weighted by atomic mass is 16.5. The second-order valence-corrected chi connectivity index (χ2v) is 4.90. The summed E-state index contributed by atoms with van der Waals surface area (Å²) in [5.74, 6) is 0.975. The predicted molar refractivity (Wildman–Crippen MR) is 72.8 cm³/mol. The molecule has 1 aromatic rings. The molecule has 0 aliphatic rings. The van der Waals surface area contributed by atoms with Crippen molar-refractivity contribution in [1.29, 1.82) is 0 Å². The summed E-state index contributed by atoms with van der Waals surface area (Å²) in [6.45, 7) is 4.03. The van der Waals surface area contributed by atoms with Gasteiger partial charge in [-0.3, -0.25) is 4.90 Å². The molecule has 110 valence electrons. The lowest BCUT2D eigenvalue weighted by atomic mass is 10.3. The molecular formula is C13H25N3O3. The van der Waals surface area contributed by atoms with Crippen LogP contribution in [0.25, 0.3) is 0 Å². The third kappa shape index (κ3) is 6.15. The Morgan fingerprint density at radius 3 is 2.79 bits per heavy atom. The lowest BCUT2D eigenvalue weighted by molar-refractivity contribution is -0.0386. The number of aromatic nitrogens is 2. The van der Waals surface area contributed by atoms with Crippen LogP contribution in [0.4, 0.5) is 0 Å². The minimum Gasteiger partial charge on any atom is -0.389 e. The monoisotopic (exact) mass is 271 g/mol. The van der Waals surface area contributed by atoms with E-state index in [-0.39, 0.29) is 6.10 Å². The Labute approximate surface area is 115 Å². The van der Waals surface area contributed by atoms with Crippen molar-refractivity contribution in [2.45, 2.75) is 25.7 Å². The Morgan fingerprint density at radius 2 is 2.21 bits per heavy atom. The summed E-state index contributed by atoms with van der Waals surface area (Å²) in [7, 11) is 5.55. The number of aryl methyl sites for hydroxylation is 1. The number of rotatable bonds is 9. The van der Waals surface area contributed by atoms with Crippen LogP contribution in [0.1, 0.15) is 12.7 Å². The molecule has 1 heterocycles. The average Bonchev–Trinajstić information content (AvgIpc) is 2.73. The summed E-state index contributed by atoms with van der Waals surface area (Å²) in [6, 6.07) is 0. The quantitative estimate of drug-likeness (QED) is 0.698. The second kappa shape index (κ2) is 8.27. The summed E-state index contributed by atoms with van der Waals surface area (Å²) in [6.07, 6.45) is 3.17. The molecule has 6 nitrogen and oxygen atoms in total. The van der Waals surface area contributed by atoms with E-state index in [1.807, 2.05) is 36.7 Å². The van der Waals surface area contributed by atoms with Gasteiger partial charge in [0.1, 0.15) is 5.82 Å². The fraction of sp³-hybridized carbons (Fsp3) is 0.769. The van der Waals surface area contributed by atoms with Crippen LogP contribution >= 0.6 is 0 Å². The van der Waals surface area contributed by atoms with Crippen LogP contribution in [0, 0.1) is 0 Å². The molecule has 1 N–H and O–H groups in total. The molecule has 0 saturated heterocycles. The van der Waals surface area contributed by atoms with E-state index in [4.69, 9.17) is 9.47 Å². The fourth-order valence-electron chi connectivity index (χ4n) is 1.83. The van der Waals surface area contributed by atoms with Crippen molar-refractivity contribution in [2.24, 2.45) is 7.05 Å². The maximum Gasteiger partial charge on any atom is 0.122 e. The zero-order chi connectivity index (χ0) is 14.3. The first-order chi connectivity index (χ1) is 9.02. The summed E-state index contributed by atoms with van der Waals surface area (Å²) in [5, 5.41) is 9.90. The van der Waals surface area contributed by atoms with Gasteiger partial charge < -0.3 is 19.1 Å². The van der Waals surface area contributed by atoms with E-state index in [1.165, 1.54) is 0 Å². The van der Waals surface area contributed by atoms with Crippen molar-refractivity contribution >= 4 is 0 Å². The maximum atomic E-state index is 9.90. The van der Waals surface area contributed by atoms with Crippen LogP contribution in [0.2, 0.25) is 0 Å². The number of methoxy groups -OCH3 is 1. The highest BCUT2D eigenvalue weighted by molar-refractivity contribution is 4.90. The minimum atomic E-state index is -0.510. The first kappa shape index (κ1) is 16.1. The van der Waals surface area contributed by atoms with E-state index in [9.17, 15) is 5.11 Å². The molecular weight excluding hydrogens is 246 g/mol. The number of nitrogens with zero attached hydrogens (tertiary/aromatic N) is 3. The van der Waals surface area contributed by atoms with E-state index in [2.05, 4.69) is 4.98 Å². The zero-order valence-corrected chi connectivity index (χ0v) is 12.2. The van der Waals surface area contributed by atoms with Crippen molar-refractivity contribution in [3.63, 3.8) is 0 Å². The van der Waals surface area contributed by atoms with Gasteiger partial charge in [-0.1, -0.05) is 0 Å². The molecule has 0 aliphatic heterocycles. The molecule has 0 aromatic carbocycles. The van der Waals surface area contributed by atoms with Gasteiger partial charge in [0, 0.05) is 33.1 Å². The number of imidazole rings is 1.